The summed E-state index contributed by atoms with van der Waals surface area (Å²) in [4.78, 5) is 13.6. The number of H-pyrrole nitrogens is 1. The van der Waals surface area contributed by atoms with Crippen molar-refractivity contribution in [2.75, 3.05) is 13.1 Å². The van der Waals surface area contributed by atoms with E-state index in [2.05, 4.69) is 53.2 Å². The molecular weight excluding hydrogens is 354 g/mol. The molecule has 0 spiro atoms. The Kier molecular flexibility index (Phi) is 6.26. The van der Waals surface area contributed by atoms with Crippen LogP contribution in [0, 0.1) is 0 Å². The van der Waals surface area contributed by atoms with Crippen molar-refractivity contribution in [2.45, 2.75) is 51.5 Å². The fraction of sp³-hybridized carbons (Fsp3) is 0.476. The smallest absolute Gasteiger partial charge is 0.267 e. The maximum Gasteiger partial charge on any atom is 0.267 e. The number of hydroxylamine groups is 1. The summed E-state index contributed by atoms with van der Waals surface area (Å²) in [5.74, 6) is -0.534. The van der Waals surface area contributed by atoms with Crippen LogP contribution in [0.25, 0.3) is 6.08 Å². The van der Waals surface area contributed by atoms with Gasteiger partial charge in [-0.05, 0) is 36.6 Å². The van der Waals surface area contributed by atoms with Gasteiger partial charge in [-0.3, -0.25) is 14.9 Å². The SMILES string of the molecule is CC(C)(C)c1n[nH]nc1CCN1CCC[C@H]1c1ccc(C=CC(=O)NO)cc1. The number of hydrogen-bond donors (Lipinski definition) is 3. The molecule has 0 saturated carbocycles. The lowest BCUT2D eigenvalue weighted by Gasteiger charge is -2.25. The zero-order chi connectivity index (χ0) is 20.1. The molecule has 150 valence electrons. The van der Waals surface area contributed by atoms with Gasteiger partial charge >= 0.3 is 0 Å². The second kappa shape index (κ2) is 8.67. The van der Waals surface area contributed by atoms with Crippen molar-refractivity contribution in [1.29, 1.82) is 0 Å². The van der Waals surface area contributed by atoms with Gasteiger partial charge in [0.1, 0.15) is 0 Å². The molecule has 1 aliphatic heterocycles. The zero-order valence-corrected chi connectivity index (χ0v) is 16.8. The Morgan fingerprint density at radius 2 is 2.07 bits per heavy atom. The number of likely N-dealkylation sites (tertiary alicyclic amines) is 1. The summed E-state index contributed by atoms with van der Waals surface area (Å²) in [6.45, 7) is 8.53. The first-order valence-corrected chi connectivity index (χ1v) is 9.75. The van der Waals surface area contributed by atoms with Crippen molar-refractivity contribution >= 4 is 12.0 Å². The van der Waals surface area contributed by atoms with Crippen LogP contribution in [-0.4, -0.2) is 44.5 Å². The molecule has 0 radical (unpaired) electrons. The predicted molar refractivity (Wildman–Crippen MR) is 108 cm³/mol. The Bertz CT molecular complexity index is 820. The van der Waals surface area contributed by atoms with Gasteiger partial charge in [0.25, 0.3) is 5.91 Å². The van der Waals surface area contributed by atoms with E-state index in [1.54, 1.807) is 11.6 Å². The molecule has 1 aliphatic rings. The van der Waals surface area contributed by atoms with E-state index in [0.717, 1.165) is 42.9 Å². The number of hydrogen-bond acceptors (Lipinski definition) is 5. The molecule has 28 heavy (non-hydrogen) atoms. The number of nitrogens with one attached hydrogen (secondary N) is 2. The van der Waals surface area contributed by atoms with Gasteiger partial charge in [0, 0.05) is 30.5 Å². The minimum Gasteiger partial charge on any atom is -0.296 e. The zero-order valence-electron chi connectivity index (χ0n) is 16.8. The Labute approximate surface area is 165 Å². The molecule has 1 amide bonds. The van der Waals surface area contributed by atoms with Crippen molar-refractivity contribution in [1.82, 2.24) is 25.8 Å². The molecule has 7 nitrogen and oxygen atoms in total. The van der Waals surface area contributed by atoms with Crippen molar-refractivity contribution in [3.63, 3.8) is 0 Å². The number of nitrogens with zero attached hydrogens (tertiary/aromatic N) is 3. The van der Waals surface area contributed by atoms with Crippen LogP contribution in [0.3, 0.4) is 0 Å². The Morgan fingerprint density at radius 1 is 1.32 bits per heavy atom. The highest BCUT2D eigenvalue weighted by molar-refractivity contribution is 5.90. The van der Waals surface area contributed by atoms with E-state index in [1.165, 1.54) is 18.1 Å². The Hall–Kier alpha value is -2.51. The van der Waals surface area contributed by atoms with Gasteiger partial charge in [-0.25, -0.2) is 5.48 Å². The summed E-state index contributed by atoms with van der Waals surface area (Å²) in [5, 5.41) is 20.1. The molecule has 1 aromatic heterocycles. The molecule has 3 rings (SSSR count). The topological polar surface area (TPSA) is 94.1 Å². The lowest BCUT2D eigenvalue weighted by molar-refractivity contribution is -0.124. The van der Waals surface area contributed by atoms with E-state index in [-0.39, 0.29) is 5.41 Å². The van der Waals surface area contributed by atoms with Crippen LogP contribution < -0.4 is 5.48 Å². The summed E-state index contributed by atoms with van der Waals surface area (Å²) in [6.07, 6.45) is 6.21. The minimum absolute atomic E-state index is 0.0109. The molecule has 2 aromatic rings. The molecule has 1 saturated heterocycles. The number of aromatic nitrogens is 3. The number of carbonyl (C=O) groups is 1. The second-order valence-corrected chi connectivity index (χ2v) is 8.29. The molecule has 1 atom stereocenters. The van der Waals surface area contributed by atoms with Crippen molar-refractivity contribution in [3.8, 4) is 0 Å². The Balaban J connectivity index is 1.64. The monoisotopic (exact) mass is 383 g/mol. The third kappa shape index (κ3) is 4.85. The van der Waals surface area contributed by atoms with E-state index in [0.29, 0.717) is 6.04 Å². The third-order valence-corrected chi connectivity index (χ3v) is 5.19. The molecule has 2 heterocycles. The summed E-state index contributed by atoms with van der Waals surface area (Å²) < 4.78 is 0. The highest BCUT2D eigenvalue weighted by atomic mass is 16.5. The van der Waals surface area contributed by atoms with Crippen LogP contribution in [-0.2, 0) is 16.6 Å². The maximum atomic E-state index is 11.1. The molecular formula is C21H29N5O2. The number of carbonyl (C=O) groups excluding carboxylic acids is 1. The predicted octanol–water partition coefficient (Wildman–Crippen LogP) is 3.00. The summed E-state index contributed by atoms with van der Waals surface area (Å²) >= 11 is 0. The van der Waals surface area contributed by atoms with E-state index in [1.807, 2.05) is 12.1 Å². The molecule has 0 bridgehead atoms. The van der Waals surface area contributed by atoms with E-state index in [4.69, 9.17) is 5.21 Å². The van der Waals surface area contributed by atoms with Gasteiger partial charge in [0.05, 0.1) is 11.4 Å². The molecule has 0 aliphatic carbocycles. The fourth-order valence-electron chi connectivity index (χ4n) is 3.79. The molecule has 3 N–H and O–H groups in total. The van der Waals surface area contributed by atoms with Crippen LogP contribution in [0.2, 0.25) is 0 Å². The quantitative estimate of drug-likeness (QED) is 0.405. The molecule has 1 aromatic carbocycles. The van der Waals surface area contributed by atoms with Crippen LogP contribution in [0.4, 0.5) is 0 Å². The van der Waals surface area contributed by atoms with Gasteiger partial charge < -0.3 is 0 Å². The lowest BCUT2D eigenvalue weighted by atomic mass is 9.90. The largest absolute Gasteiger partial charge is 0.296 e. The Morgan fingerprint density at radius 3 is 2.75 bits per heavy atom. The summed E-state index contributed by atoms with van der Waals surface area (Å²) in [7, 11) is 0. The number of benzene rings is 1. The van der Waals surface area contributed by atoms with Crippen LogP contribution in [0.15, 0.2) is 30.3 Å². The average molecular weight is 383 g/mol. The highest BCUT2D eigenvalue weighted by Crippen LogP contribution is 2.32. The normalized spacial score (nSPS) is 18.1. The van der Waals surface area contributed by atoms with Gasteiger partial charge in [-0.2, -0.15) is 15.4 Å². The van der Waals surface area contributed by atoms with Gasteiger partial charge in [0.15, 0.2) is 0 Å². The van der Waals surface area contributed by atoms with Crippen molar-refractivity contribution < 1.29 is 10.0 Å². The van der Waals surface area contributed by atoms with Crippen molar-refractivity contribution in [2.24, 2.45) is 0 Å². The first kappa shape index (κ1) is 20.2. The molecule has 1 fully saturated rings. The standard InChI is InChI=1S/C21H29N5O2/c1-21(2,3)20-17(22-25-23-20)12-14-26-13-4-5-18(26)16-9-6-15(7-10-16)8-11-19(27)24-28/h6-11,18,28H,4-5,12-14H2,1-3H3,(H,24,27)(H,22,23,25)/t18-/m0/s1. The summed E-state index contributed by atoms with van der Waals surface area (Å²) in [5.41, 5.74) is 5.90. The second-order valence-electron chi connectivity index (χ2n) is 8.29. The number of amides is 1. The van der Waals surface area contributed by atoms with Gasteiger partial charge in [-0.15, -0.1) is 0 Å². The fourth-order valence-corrected chi connectivity index (χ4v) is 3.79. The average Bonchev–Trinajstić information content (AvgIpc) is 3.33. The maximum absolute atomic E-state index is 11.1. The lowest BCUT2D eigenvalue weighted by Crippen LogP contribution is -2.26. The van der Waals surface area contributed by atoms with Crippen LogP contribution >= 0.6 is 0 Å². The number of aromatic amines is 1. The minimum atomic E-state index is -0.534. The highest BCUT2D eigenvalue weighted by Gasteiger charge is 2.27. The van der Waals surface area contributed by atoms with E-state index >= 15 is 0 Å². The first-order chi connectivity index (χ1) is 13.4. The van der Waals surface area contributed by atoms with Gasteiger partial charge in [0.2, 0.25) is 0 Å². The van der Waals surface area contributed by atoms with E-state index < -0.39 is 5.91 Å². The molecule has 7 heteroatoms. The van der Waals surface area contributed by atoms with Crippen LogP contribution in [0.1, 0.15) is 62.2 Å². The van der Waals surface area contributed by atoms with Crippen LogP contribution in [0.5, 0.6) is 0 Å². The number of rotatable bonds is 6. The summed E-state index contributed by atoms with van der Waals surface area (Å²) in [6, 6.07) is 8.65. The van der Waals surface area contributed by atoms with Crippen molar-refractivity contribution in [3.05, 3.63) is 52.9 Å². The first-order valence-electron chi connectivity index (χ1n) is 9.75. The van der Waals surface area contributed by atoms with Gasteiger partial charge in [-0.1, -0.05) is 45.0 Å². The third-order valence-electron chi connectivity index (χ3n) is 5.19. The van der Waals surface area contributed by atoms with E-state index in [9.17, 15) is 4.79 Å². The molecule has 0 unspecified atom stereocenters.